The quantitative estimate of drug-likeness (QED) is 0.659. The molecule has 7 heteroatoms. The number of hydrogen-bond donors (Lipinski definition) is 3. The van der Waals surface area contributed by atoms with E-state index in [1.165, 1.54) is 0 Å². The van der Waals surface area contributed by atoms with Crippen molar-refractivity contribution in [1.82, 2.24) is 16.0 Å². The van der Waals surface area contributed by atoms with Crippen LogP contribution in [0.1, 0.15) is 52.4 Å². The molecule has 1 heterocycles. The number of fused-ring (bicyclic) bond motifs is 1. The van der Waals surface area contributed by atoms with Crippen LogP contribution in [0, 0.1) is 40.4 Å². The molecule has 3 N–H and O–H groups in total. The van der Waals surface area contributed by atoms with Gasteiger partial charge in [0.25, 0.3) is 0 Å². The van der Waals surface area contributed by atoms with Crippen molar-refractivity contribution >= 4 is 5.91 Å². The summed E-state index contributed by atoms with van der Waals surface area (Å²) in [5, 5.41) is 29.5. The Morgan fingerprint density at radius 2 is 2.04 bits per heavy atom. The summed E-state index contributed by atoms with van der Waals surface area (Å²) in [6.07, 6.45) is 5.61. The van der Waals surface area contributed by atoms with Gasteiger partial charge in [-0.1, -0.05) is 6.42 Å². The van der Waals surface area contributed by atoms with Gasteiger partial charge >= 0.3 is 0 Å². The summed E-state index contributed by atoms with van der Waals surface area (Å²) in [5.41, 5.74) is 0. The van der Waals surface area contributed by atoms with E-state index in [0.29, 0.717) is 19.2 Å². The van der Waals surface area contributed by atoms with Crippen molar-refractivity contribution in [3.8, 4) is 12.1 Å². The highest BCUT2D eigenvalue weighted by molar-refractivity contribution is 5.73. The standard InChI is InChI=1S/C21H33N5O2/c1-3-28-20-9-18-17(8-19(20)25-13(2)27)21(15(11-23)12-24-18)26-16-6-4-5-14(7-16)10-22/h14-21,24,26H,3-9,12H2,1-2H3,(H,25,27). The van der Waals surface area contributed by atoms with E-state index in [2.05, 4.69) is 28.1 Å². The van der Waals surface area contributed by atoms with E-state index in [1.807, 2.05) is 6.92 Å². The highest BCUT2D eigenvalue weighted by Crippen LogP contribution is 2.36. The highest BCUT2D eigenvalue weighted by Gasteiger charge is 2.47. The molecule has 8 atom stereocenters. The highest BCUT2D eigenvalue weighted by atomic mass is 16.5. The van der Waals surface area contributed by atoms with E-state index in [0.717, 1.165) is 38.5 Å². The average Bonchev–Trinajstić information content (AvgIpc) is 2.69. The molecule has 0 aromatic carbocycles. The molecule has 0 radical (unpaired) electrons. The molecule has 0 aromatic heterocycles. The van der Waals surface area contributed by atoms with Gasteiger partial charge in [0.2, 0.25) is 5.91 Å². The van der Waals surface area contributed by atoms with Gasteiger partial charge in [0.1, 0.15) is 0 Å². The van der Waals surface area contributed by atoms with Crippen LogP contribution in [0.15, 0.2) is 0 Å². The minimum atomic E-state index is -0.106. The molecular weight excluding hydrogens is 354 g/mol. The van der Waals surface area contributed by atoms with Crippen LogP contribution < -0.4 is 16.0 Å². The second-order valence-corrected chi connectivity index (χ2v) is 8.57. The SMILES string of the molecule is CCOC1CC2NCC(C#N)C(NC3CCCC(C#N)C3)C2CC1NC(C)=O. The molecule has 0 spiro atoms. The summed E-state index contributed by atoms with van der Waals surface area (Å²) in [4.78, 5) is 11.7. The van der Waals surface area contributed by atoms with Crippen molar-refractivity contribution in [1.29, 1.82) is 10.5 Å². The van der Waals surface area contributed by atoms with Crippen LogP contribution in [0.4, 0.5) is 0 Å². The van der Waals surface area contributed by atoms with Crippen molar-refractivity contribution in [2.75, 3.05) is 13.2 Å². The Kier molecular flexibility index (Phi) is 7.29. The second-order valence-electron chi connectivity index (χ2n) is 8.57. The molecule has 1 amide bonds. The van der Waals surface area contributed by atoms with E-state index >= 15 is 0 Å². The minimum Gasteiger partial charge on any atom is -0.376 e. The number of carbonyl (C=O) groups is 1. The molecule has 154 valence electrons. The Labute approximate surface area is 168 Å². The third kappa shape index (κ3) is 4.84. The first-order valence-electron chi connectivity index (χ1n) is 10.7. The summed E-state index contributed by atoms with van der Waals surface area (Å²) < 4.78 is 5.94. The van der Waals surface area contributed by atoms with Crippen LogP contribution in [-0.2, 0) is 9.53 Å². The van der Waals surface area contributed by atoms with Crippen molar-refractivity contribution in [3.05, 3.63) is 0 Å². The smallest absolute Gasteiger partial charge is 0.217 e. The Hall–Kier alpha value is -1.67. The maximum Gasteiger partial charge on any atom is 0.217 e. The number of amides is 1. The summed E-state index contributed by atoms with van der Waals surface area (Å²) in [6, 6.07) is 5.53. The molecule has 0 bridgehead atoms. The zero-order chi connectivity index (χ0) is 20.1. The molecule has 1 aliphatic heterocycles. The lowest BCUT2D eigenvalue weighted by Gasteiger charge is -2.50. The van der Waals surface area contributed by atoms with Gasteiger partial charge in [0.05, 0.1) is 30.2 Å². The Morgan fingerprint density at radius 1 is 1.21 bits per heavy atom. The lowest BCUT2D eigenvalue weighted by Crippen LogP contribution is -2.66. The van der Waals surface area contributed by atoms with Gasteiger partial charge in [0.15, 0.2) is 0 Å². The van der Waals surface area contributed by atoms with Gasteiger partial charge in [-0.15, -0.1) is 0 Å². The lowest BCUT2D eigenvalue weighted by molar-refractivity contribution is -0.122. The molecule has 0 aromatic rings. The molecule has 28 heavy (non-hydrogen) atoms. The largest absolute Gasteiger partial charge is 0.376 e. The molecule has 8 unspecified atom stereocenters. The molecular formula is C21H33N5O2. The van der Waals surface area contributed by atoms with Gasteiger partial charge in [-0.25, -0.2) is 0 Å². The number of carbonyl (C=O) groups excluding carboxylic acids is 1. The number of piperidine rings is 1. The predicted molar refractivity (Wildman–Crippen MR) is 105 cm³/mol. The van der Waals surface area contributed by atoms with E-state index < -0.39 is 0 Å². The maximum absolute atomic E-state index is 11.7. The Balaban J connectivity index is 1.75. The van der Waals surface area contributed by atoms with Gasteiger partial charge in [-0.3, -0.25) is 4.79 Å². The van der Waals surface area contributed by atoms with E-state index in [9.17, 15) is 15.3 Å². The molecule has 3 rings (SSSR count). The first-order valence-corrected chi connectivity index (χ1v) is 10.7. The Bertz CT molecular complexity index is 627. The van der Waals surface area contributed by atoms with Crippen LogP contribution in [0.5, 0.6) is 0 Å². The molecule has 2 saturated carbocycles. The van der Waals surface area contributed by atoms with E-state index in [-0.39, 0.29) is 47.9 Å². The summed E-state index contributed by atoms with van der Waals surface area (Å²) in [6.45, 7) is 4.83. The molecule has 3 aliphatic rings. The van der Waals surface area contributed by atoms with Crippen LogP contribution in [0.3, 0.4) is 0 Å². The lowest BCUT2D eigenvalue weighted by atomic mass is 9.69. The van der Waals surface area contributed by atoms with Crippen LogP contribution in [0.2, 0.25) is 0 Å². The van der Waals surface area contributed by atoms with E-state index in [4.69, 9.17) is 4.74 Å². The number of nitrogens with one attached hydrogen (secondary N) is 3. The monoisotopic (exact) mass is 387 g/mol. The summed E-state index contributed by atoms with van der Waals surface area (Å²) >= 11 is 0. The second kappa shape index (κ2) is 9.69. The first-order chi connectivity index (χ1) is 13.5. The minimum absolute atomic E-state index is 0.000384. The van der Waals surface area contributed by atoms with Gasteiger partial charge < -0.3 is 20.7 Å². The zero-order valence-electron chi connectivity index (χ0n) is 17.0. The average molecular weight is 388 g/mol. The molecule has 1 saturated heterocycles. The van der Waals surface area contributed by atoms with Crippen molar-refractivity contribution in [2.24, 2.45) is 17.8 Å². The number of rotatable bonds is 5. The summed E-state index contributed by atoms with van der Waals surface area (Å²) in [5.74, 6) is 0.229. The number of nitrogens with zero attached hydrogens (tertiary/aromatic N) is 2. The zero-order valence-corrected chi connectivity index (χ0v) is 17.0. The van der Waals surface area contributed by atoms with Gasteiger partial charge in [0, 0.05) is 44.1 Å². The summed E-state index contributed by atoms with van der Waals surface area (Å²) in [7, 11) is 0. The van der Waals surface area contributed by atoms with Crippen molar-refractivity contribution in [3.63, 3.8) is 0 Å². The molecule has 3 fully saturated rings. The fourth-order valence-corrected chi connectivity index (χ4v) is 5.44. The van der Waals surface area contributed by atoms with Gasteiger partial charge in [-0.05, 0) is 44.9 Å². The van der Waals surface area contributed by atoms with Gasteiger partial charge in [-0.2, -0.15) is 10.5 Å². The maximum atomic E-state index is 11.7. The van der Waals surface area contributed by atoms with Crippen LogP contribution in [0.25, 0.3) is 0 Å². The number of nitriles is 2. The van der Waals surface area contributed by atoms with E-state index in [1.54, 1.807) is 6.92 Å². The third-order valence-electron chi connectivity index (χ3n) is 6.69. The number of hydrogen-bond acceptors (Lipinski definition) is 6. The normalized spacial score (nSPS) is 40.6. The van der Waals surface area contributed by atoms with Crippen molar-refractivity contribution < 1.29 is 9.53 Å². The fourth-order valence-electron chi connectivity index (χ4n) is 5.44. The predicted octanol–water partition coefficient (Wildman–Crippen LogP) is 1.46. The van der Waals surface area contributed by atoms with Crippen LogP contribution >= 0.6 is 0 Å². The topological polar surface area (TPSA) is 110 Å². The third-order valence-corrected chi connectivity index (χ3v) is 6.69. The Morgan fingerprint density at radius 3 is 2.71 bits per heavy atom. The number of ether oxygens (including phenoxy) is 1. The first kappa shape index (κ1) is 21.0. The molecule has 2 aliphatic carbocycles. The van der Waals surface area contributed by atoms with Crippen LogP contribution in [-0.4, -0.2) is 49.3 Å². The molecule has 7 nitrogen and oxygen atoms in total. The van der Waals surface area contributed by atoms with Crippen molar-refractivity contribution in [2.45, 2.75) is 82.6 Å². The fraction of sp³-hybridized carbons (Fsp3) is 0.857.